The lowest BCUT2D eigenvalue weighted by molar-refractivity contribution is -0.155. The fourth-order valence-corrected chi connectivity index (χ4v) is 4.11. The van der Waals surface area contributed by atoms with Crippen molar-refractivity contribution in [3.63, 3.8) is 0 Å². The number of halogens is 5. The number of nitrogens with zero attached hydrogens (tertiary/aromatic N) is 1. The van der Waals surface area contributed by atoms with Crippen molar-refractivity contribution in [3.05, 3.63) is 69.5 Å². The van der Waals surface area contributed by atoms with E-state index in [0.29, 0.717) is 0 Å². The van der Waals surface area contributed by atoms with Crippen LogP contribution in [0.4, 0.5) is 17.6 Å². The van der Waals surface area contributed by atoms with Crippen LogP contribution in [0, 0.1) is 5.82 Å². The zero-order valence-electron chi connectivity index (χ0n) is 17.2. The molecule has 4 amide bonds. The van der Waals surface area contributed by atoms with Crippen LogP contribution in [0.3, 0.4) is 0 Å². The molecule has 7 nitrogen and oxygen atoms in total. The molecule has 0 aliphatic carbocycles. The Morgan fingerprint density at radius 1 is 1.15 bits per heavy atom. The van der Waals surface area contributed by atoms with Crippen LogP contribution in [-0.4, -0.2) is 40.7 Å². The average Bonchev–Trinajstić information content (AvgIpc) is 3.06. The molecule has 2 aromatic carbocycles. The molecule has 2 aliphatic heterocycles. The Morgan fingerprint density at radius 2 is 1.82 bits per heavy atom. The first-order chi connectivity index (χ1) is 16.0. The number of alkyl halides is 3. The van der Waals surface area contributed by atoms with E-state index in [1.54, 1.807) is 5.32 Å². The molecule has 2 N–H and O–H groups in total. The first kappa shape index (κ1) is 23.7. The van der Waals surface area contributed by atoms with Gasteiger partial charge in [0.2, 0.25) is 11.8 Å². The lowest BCUT2D eigenvalue weighted by Gasteiger charge is -2.29. The van der Waals surface area contributed by atoms with Crippen LogP contribution in [0.1, 0.15) is 50.7 Å². The van der Waals surface area contributed by atoms with Crippen molar-refractivity contribution in [1.82, 2.24) is 15.5 Å². The molecule has 0 aromatic heterocycles. The molecule has 1 unspecified atom stereocenters. The standard InChI is InChI=1S/C22H16ClF4N3O4/c23-12-3-1-10(2-4-12)18(22(25,26)27)29-19(32)14-7-11-9-30(21(34)13(11)8-15(14)24)16-5-6-17(31)28-20(16)33/h1-4,7-8,16,18H,5-6,9H2,(H,29,32)(H,28,31,33)/t16?,18-/m1/s1. The van der Waals surface area contributed by atoms with Gasteiger partial charge >= 0.3 is 6.18 Å². The van der Waals surface area contributed by atoms with Crippen molar-refractivity contribution >= 4 is 35.2 Å². The third-order valence-electron chi connectivity index (χ3n) is 5.66. The van der Waals surface area contributed by atoms with Crippen molar-refractivity contribution in [2.45, 2.75) is 37.6 Å². The van der Waals surface area contributed by atoms with Crippen molar-refractivity contribution in [1.29, 1.82) is 0 Å². The van der Waals surface area contributed by atoms with E-state index in [9.17, 15) is 36.7 Å². The molecule has 0 saturated carbocycles. The Labute approximate surface area is 195 Å². The average molecular weight is 498 g/mol. The summed E-state index contributed by atoms with van der Waals surface area (Å²) < 4.78 is 55.6. The number of rotatable bonds is 4. The quantitative estimate of drug-likeness (QED) is 0.500. The largest absolute Gasteiger partial charge is 0.412 e. The van der Waals surface area contributed by atoms with Crippen LogP contribution in [-0.2, 0) is 16.1 Å². The number of benzene rings is 2. The zero-order chi connectivity index (χ0) is 24.8. The van der Waals surface area contributed by atoms with Gasteiger partial charge in [0.25, 0.3) is 11.8 Å². The van der Waals surface area contributed by atoms with Crippen molar-refractivity contribution in [2.24, 2.45) is 0 Å². The third kappa shape index (κ3) is 4.47. The molecule has 0 radical (unpaired) electrons. The smallest absolute Gasteiger partial charge is 0.337 e. The van der Waals surface area contributed by atoms with Gasteiger partial charge in [0.1, 0.15) is 11.9 Å². The SMILES string of the molecule is O=C1CCC(N2Cc3cc(C(=O)N[C@H](c4ccc(Cl)cc4)C(F)(F)F)c(F)cc3C2=O)C(=O)N1. The maximum Gasteiger partial charge on any atom is 0.412 e. The molecule has 12 heteroatoms. The summed E-state index contributed by atoms with van der Waals surface area (Å²) in [5.74, 6) is -4.34. The van der Waals surface area contributed by atoms with Crippen molar-refractivity contribution < 1.29 is 36.7 Å². The number of imide groups is 1. The topological polar surface area (TPSA) is 95.6 Å². The molecule has 0 bridgehead atoms. The Bertz CT molecular complexity index is 1200. The van der Waals surface area contributed by atoms with Gasteiger partial charge in [-0.3, -0.25) is 24.5 Å². The highest BCUT2D eigenvalue weighted by atomic mass is 35.5. The van der Waals surface area contributed by atoms with Gasteiger partial charge in [-0.25, -0.2) is 4.39 Å². The summed E-state index contributed by atoms with van der Waals surface area (Å²) >= 11 is 5.71. The van der Waals surface area contributed by atoms with E-state index in [2.05, 4.69) is 5.32 Å². The molecule has 1 fully saturated rings. The lowest BCUT2D eigenvalue weighted by atomic mass is 10.0. The predicted molar refractivity (Wildman–Crippen MR) is 110 cm³/mol. The van der Waals surface area contributed by atoms with Crippen molar-refractivity contribution in [3.8, 4) is 0 Å². The van der Waals surface area contributed by atoms with Gasteiger partial charge in [-0.2, -0.15) is 13.2 Å². The molecule has 1 saturated heterocycles. The maximum absolute atomic E-state index is 14.7. The van der Waals surface area contributed by atoms with E-state index < -0.39 is 53.3 Å². The first-order valence-electron chi connectivity index (χ1n) is 10.1. The van der Waals surface area contributed by atoms with Crippen molar-refractivity contribution in [2.75, 3.05) is 0 Å². The number of fused-ring (bicyclic) bond motifs is 1. The highest BCUT2D eigenvalue weighted by Gasteiger charge is 2.43. The number of hydrogen-bond acceptors (Lipinski definition) is 4. The molecule has 2 aliphatic rings. The number of carbonyl (C=O) groups excluding carboxylic acids is 4. The number of piperidine rings is 1. The Kier molecular flexibility index (Phi) is 6.07. The second kappa shape index (κ2) is 8.71. The number of nitrogens with one attached hydrogen (secondary N) is 2. The summed E-state index contributed by atoms with van der Waals surface area (Å²) in [7, 11) is 0. The van der Waals surface area contributed by atoms with Crippen LogP contribution in [0.15, 0.2) is 36.4 Å². The van der Waals surface area contributed by atoms with Gasteiger partial charge in [-0.05, 0) is 41.8 Å². The van der Waals surface area contributed by atoms with Gasteiger partial charge in [-0.1, -0.05) is 23.7 Å². The summed E-state index contributed by atoms with van der Waals surface area (Å²) in [6, 6.07) is 3.03. The van der Waals surface area contributed by atoms with Crippen LogP contribution in [0.2, 0.25) is 5.02 Å². The first-order valence-corrected chi connectivity index (χ1v) is 10.4. The molecule has 2 aromatic rings. The molecule has 2 heterocycles. The van der Waals surface area contributed by atoms with Gasteiger partial charge in [0.05, 0.1) is 5.56 Å². The molecule has 0 spiro atoms. The minimum atomic E-state index is -4.88. The molecule has 34 heavy (non-hydrogen) atoms. The highest BCUT2D eigenvalue weighted by Crippen LogP contribution is 2.34. The number of hydrogen-bond donors (Lipinski definition) is 2. The van der Waals surface area contributed by atoms with E-state index in [-0.39, 0.29) is 41.1 Å². The fourth-order valence-electron chi connectivity index (χ4n) is 3.98. The summed E-state index contributed by atoms with van der Waals surface area (Å²) in [5.41, 5.74) is -0.911. The predicted octanol–water partition coefficient (Wildman–Crippen LogP) is 3.27. The van der Waals surface area contributed by atoms with Crippen LogP contribution in [0.25, 0.3) is 0 Å². The zero-order valence-corrected chi connectivity index (χ0v) is 18.0. The van der Waals surface area contributed by atoms with Crippen LogP contribution < -0.4 is 10.6 Å². The van der Waals surface area contributed by atoms with Crippen LogP contribution >= 0.6 is 11.6 Å². The van der Waals surface area contributed by atoms with Gasteiger partial charge in [0.15, 0.2) is 6.04 Å². The Balaban J connectivity index is 1.59. The summed E-state index contributed by atoms with van der Waals surface area (Å²) in [5, 5.41) is 4.12. The lowest BCUT2D eigenvalue weighted by Crippen LogP contribution is -2.52. The molecular formula is C22H16ClF4N3O4. The molecule has 178 valence electrons. The molecular weight excluding hydrogens is 482 g/mol. The summed E-state index contributed by atoms with van der Waals surface area (Å²) in [6.07, 6.45) is -4.79. The second-order valence-corrected chi connectivity index (χ2v) is 8.33. The normalized spacial score (nSPS) is 19.0. The maximum atomic E-state index is 14.7. The van der Waals surface area contributed by atoms with E-state index in [4.69, 9.17) is 11.6 Å². The molecule has 4 rings (SSSR count). The number of carbonyl (C=O) groups is 4. The van der Waals surface area contributed by atoms with Gasteiger partial charge in [-0.15, -0.1) is 0 Å². The fraction of sp³-hybridized carbons (Fsp3) is 0.273. The highest BCUT2D eigenvalue weighted by molar-refractivity contribution is 6.30. The van der Waals surface area contributed by atoms with Crippen LogP contribution in [0.5, 0.6) is 0 Å². The third-order valence-corrected chi connectivity index (χ3v) is 5.91. The number of amides is 4. The van der Waals surface area contributed by atoms with E-state index >= 15 is 0 Å². The summed E-state index contributed by atoms with van der Waals surface area (Å²) in [4.78, 5) is 50.0. The second-order valence-electron chi connectivity index (χ2n) is 7.89. The Morgan fingerprint density at radius 3 is 2.44 bits per heavy atom. The monoisotopic (exact) mass is 497 g/mol. The van der Waals surface area contributed by atoms with E-state index in [1.807, 2.05) is 0 Å². The van der Waals surface area contributed by atoms with E-state index in [1.165, 1.54) is 12.1 Å². The molecule has 2 atom stereocenters. The Hall–Kier alpha value is -3.47. The van der Waals surface area contributed by atoms with E-state index in [0.717, 1.165) is 29.2 Å². The summed E-state index contributed by atoms with van der Waals surface area (Å²) in [6.45, 7) is -0.166. The minimum Gasteiger partial charge on any atom is -0.337 e. The van der Waals surface area contributed by atoms with Gasteiger partial charge in [0, 0.05) is 23.6 Å². The minimum absolute atomic E-state index is 0.0160. The van der Waals surface area contributed by atoms with Gasteiger partial charge < -0.3 is 10.2 Å².